The van der Waals surface area contributed by atoms with Crippen LogP contribution in [0.25, 0.3) is 0 Å². The fraction of sp³-hybridized carbons (Fsp3) is 0.364. The van der Waals surface area contributed by atoms with Crippen LogP contribution in [0.2, 0.25) is 0 Å². The lowest BCUT2D eigenvalue weighted by Gasteiger charge is -2.02. The summed E-state index contributed by atoms with van der Waals surface area (Å²) in [5, 5.41) is 1.94. The molecule has 0 aliphatic heterocycles. The van der Waals surface area contributed by atoms with Crippen molar-refractivity contribution in [2.75, 3.05) is 0 Å². The zero-order chi connectivity index (χ0) is 8.81. The zero-order valence-electron chi connectivity index (χ0n) is 7.72. The molecule has 0 spiro atoms. The summed E-state index contributed by atoms with van der Waals surface area (Å²) in [4.78, 5) is 0. The molecule has 0 aliphatic rings. The molecule has 1 nitrogen and oxygen atoms in total. The van der Waals surface area contributed by atoms with E-state index in [0.29, 0.717) is 0 Å². The third kappa shape index (κ3) is 2.67. The molecule has 1 heteroatoms. The molecule has 1 aromatic rings. The Morgan fingerprint density at radius 3 is 2.33 bits per heavy atom. The van der Waals surface area contributed by atoms with Crippen molar-refractivity contribution in [1.29, 1.82) is 0 Å². The maximum Gasteiger partial charge on any atom is 0.0773 e. The summed E-state index contributed by atoms with van der Waals surface area (Å²) >= 11 is 0. The first-order chi connectivity index (χ1) is 5.86. The first kappa shape index (κ1) is 9.27. The Hall–Kier alpha value is -0.820. The highest BCUT2D eigenvalue weighted by Crippen LogP contribution is 2.05. The summed E-state index contributed by atoms with van der Waals surface area (Å²) in [7, 11) is 3.71. The van der Waals surface area contributed by atoms with Crippen LogP contribution in [0, 0.1) is 7.05 Å². The Bertz CT molecular complexity index is 193. The molecule has 0 fully saturated rings. The maximum absolute atomic E-state index is 3.71. The van der Waals surface area contributed by atoms with Crippen molar-refractivity contribution in [2.45, 2.75) is 26.3 Å². The number of hydrogen-bond acceptors (Lipinski definition) is 0. The summed E-state index contributed by atoms with van der Waals surface area (Å²) < 4.78 is 0. The summed E-state index contributed by atoms with van der Waals surface area (Å²) in [5.74, 6) is 0. The molecule has 0 atom stereocenters. The molecule has 0 aromatic heterocycles. The van der Waals surface area contributed by atoms with E-state index in [0.717, 1.165) is 6.54 Å². The third-order valence-corrected chi connectivity index (χ3v) is 1.94. The molecular formula is C11H19N. The van der Waals surface area contributed by atoms with Crippen molar-refractivity contribution >= 4 is 0 Å². The Morgan fingerprint density at radius 2 is 1.83 bits per heavy atom. The monoisotopic (exact) mass is 165 g/mol. The van der Waals surface area contributed by atoms with Crippen LogP contribution < -0.4 is 5.32 Å². The van der Waals surface area contributed by atoms with Gasteiger partial charge >= 0.3 is 0 Å². The predicted octanol–water partition coefficient (Wildman–Crippen LogP) is 1.74. The summed E-state index contributed by atoms with van der Waals surface area (Å²) in [6.45, 7) is 3.18. The quantitative estimate of drug-likeness (QED) is 0.654. The van der Waals surface area contributed by atoms with Gasteiger partial charge in [-0.05, 0) is 12.0 Å². The van der Waals surface area contributed by atoms with Crippen LogP contribution in [-0.2, 0) is 13.0 Å². The molecule has 0 unspecified atom stereocenters. The number of nitrogens with two attached hydrogens (primary N) is 1. The minimum absolute atomic E-state index is 0. The first-order valence-corrected chi connectivity index (χ1v) is 4.55. The minimum Gasteiger partial charge on any atom is -0.475 e. The fourth-order valence-corrected chi connectivity index (χ4v) is 1.30. The Labute approximate surface area is 76.3 Å². The van der Waals surface area contributed by atoms with Gasteiger partial charge in [-0.25, -0.2) is 0 Å². The van der Waals surface area contributed by atoms with Gasteiger partial charge in [0, 0.05) is 6.99 Å². The van der Waals surface area contributed by atoms with E-state index in [9.17, 15) is 0 Å². The van der Waals surface area contributed by atoms with Crippen LogP contribution in [0.4, 0.5) is 0 Å². The van der Waals surface area contributed by atoms with Gasteiger partial charge < -0.3 is 5.32 Å². The van der Waals surface area contributed by atoms with Gasteiger partial charge in [0.05, 0.1) is 6.54 Å². The van der Waals surface area contributed by atoms with Gasteiger partial charge in [-0.2, -0.15) is 7.05 Å². The van der Waals surface area contributed by atoms with E-state index in [1.54, 1.807) is 0 Å². The largest absolute Gasteiger partial charge is 0.475 e. The van der Waals surface area contributed by atoms with Gasteiger partial charge in [-0.3, -0.25) is 0 Å². The van der Waals surface area contributed by atoms with E-state index in [1.807, 2.05) is 5.32 Å². The number of rotatable bonds is 4. The SMILES string of the molecule is [CH2-][NH2+]Cc1ccc(CCC)cc1.[HH]. The van der Waals surface area contributed by atoms with Crippen LogP contribution in [0.5, 0.6) is 0 Å². The van der Waals surface area contributed by atoms with E-state index in [2.05, 4.69) is 38.2 Å². The average molecular weight is 165 g/mol. The number of quaternary nitrogens is 1. The lowest BCUT2D eigenvalue weighted by Crippen LogP contribution is -2.74. The molecule has 1 aromatic carbocycles. The average Bonchev–Trinajstić information content (AvgIpc) is 2.09. The molecule has 68 valence electrons. The molecule has 0 amide bonds. The Kier molecular flexibility index (Phi) is 3.81. The van der Waals surface area contributed by atoms with E-state index in [4.69, 9.17) is 0 Å². The molecule has 0 saturated carbocycles. The molecule has 0 bridgehead atoms. The lowest BCUT2D eigenvalue weighted by molar-refractivity contribution is -0.612. The van der Waals surface area contributed by atoms with E-state index < -0.39 is 0 Å². The van der Waals surface area contributed by atoms with Gasteiger partial charge in [-0.15, -0.1) is 0 Å². The second-order valence-corrected chi connectivity index (χ2v) is 3.06. The molecular weight excluding hydrogens is 146 g/mol. The van der Waals surface area contributed by atoms with Gasteiger partial charge in [-0.1, -0.05) is 37.6 Å². The molecule has 12 heavy (non-hydrogen) atoms. The van der Waals surface area contributed by atoms with Crippen molar-refractivity contribution in [1.82, 2.24) is 0 Å². The van der Waals surface area contributed by atoms with E-state index in [1.165, 1.54) is 24.0 Å². The lowest BCUT2D eigenvalue weighted by atomic mass is 10.1. The van der Waals surface area contributed by atoms with Crippen LogP contribution in [-0.4, -0.2) is 0 Å². The number of hydrogen-bond donors (Lipinski definition) is 1. The highest BCUT2D eigenvalue weighted by atomic mass is 14.8. The van der Waals surface area contributed by atoms with Crippen molar-refractivity contribution in [3.63, 3.8) is 0 Å². The number of benzene rings is 1. The molecule has 0 heterocycles. The minimum atomic E-state index is 0. The van der Waals surface area contributed by atoms with Gasteiger partial charge in [0.2, 0.25) is 0 Å². The zero-order valence-corrected chi connectivity index (χ0v) is 7.72. The fourth-order valence-electron chi connectivity index (χ4n) is 1.30. The second-order valence-electron chi connectivity index (χ2n) is 3.06. The van der Waals surface area contributed by atoms with Gasteiger partial charge in [0.1, 0.15) is 0 Å². The topological polar surface area (TPSA) is 16.6 Å². The smallest absolute Gasteiger partial charge is 0.0773 e. The van der Waals surface area contributed by atoms with Crippen LogP contribution in [0.15, 0.2) is 24.3 Å². The highest BCUT2D eigenvalue weighted by Gasteiger charge is 1.92. The van der Waals surface area contributed by atoms with Gasteiger partial charge in [0.15, 0.2) is 0 Å². The molecule has 0 saturated heterocycles. The second kappa shape index (κ2) is 4.94. The van der Waals surface area contributed by atoms with Crippen molar-refractivity contribution in [3.8, 4) is 0 Å². The van der Waals surface area contributed by atoms with Gasteiger partial charge in [0.25, 0.3) is 0 Å². The summed E-state index contributed by atoms with van der Waals surface area (Å²) in [5.41, 5.74) is 2.79. The van der Waals surface area contributed by atoms with Crippen molar-refractivity contribution in [2.24, 2.45) is 0 Å². The predicted molar refractivity (Wildman–Crippen MR) is 53.5 cm³/mol. The molecule has 1 rings (SSSR count). The van der Waals surface area contributed by atoms with Crippen LogP contribution in [0.3, 0.4) is 0 Å². The molecule has 0 radical (unpaired) electrons. The molecule has 2 N–H and O–H groups in total. The first-order valence-electron chi connectivity index (χ1n) is 4.55. The van der Waals surface area contributed by atoms with Crippen LogP contribution >= 0.6 is 0 Å². The Morgan fingerprint density at radius 1 is 1.25 bits per heavy atom. The summed E-state index contributed by atoms with van der Waals surface area (Å²) in [6, 6.07) is 8.80. The van der Waals surface area contributed by atoms with E-state index in [-0.39, 0.29) is 1.43 Å². The maximum atomic E-state index is 3.71. The third-order valence-electron chi connectivity index (χ3n) is 1.94. The Balaban J connectivity index is 0.00000144. The van der Waals surface area contributed by atoms with Crippen molar-refractivity contribution < 1.29 is 6.74 Å². The number of aryl methyl sites for hydroxylation is 1. The highest BCUT2D eigenvalue weighted by molar-refractivity contribution is 5.21. The standard InChI is InChI=1S/C11H17N.H2/c1-3-4-10-5-7-11(8-6-10)9-12-2;/h5-8H,2-4,9,12H2,1H3;1H. The normalized spacial score (nSPS) is 10.2. The van der Waals surface area contributed by atoms with E-state index >= 15 is 0 Å². The molecule has 0 aliphatic carbocycles. The van der Waals surface area contributed by atoms with Crippen LogP contribution in [0.1, 0.15) is 25.9 Å². The summed E-state index contributed by atoms with van der Waals surface area (Å²) in [6.07, 6.45) is 2.41. The van der Waals surface area contributed by atoms with Crippen molar-refractivity contribution in [3.05, 3.63) is 42.4 Å².